The third-order valence-electron chi connectivity index (χ3n) is 2.06. The molecule has 0 nitrogen and oxygen atoms in total. The molecule has 0 aliphatic heterocycles. The van der Waals surface area contributed by atoms with E-state index in [0.29, 0.717) is 10.1 Å². The van der Waals surface area contributed by atoms with Crippen molar-refractivity contribution in [1.29, 1.82) is 0 Å². The van der Waals surface area contributed by atoms with Crippen LogP contribution in [-0.2, 0) is 6.18 Å². The van der Waals surface area contributed by atoms with Crippen molar-refractivity contribution in [1.82, 2.24) is 0 Å². The fraction of sp³-hybridized carbons (Fsp3) is 0.200. The average Bonchev–Trinajstić information content (AvgIpc) is 2.48. The number of halogens is 3. The largest absolute Gasteiger partial charge is 0.425 e. The van der Waals surface area contributed by atoms with Crippen molar-refractivity contribution in [2.24, 2.45) is 0 Å². The van der Waals surface area contributed by atoms with Crippen molar-refractivity contribution >= 4 is 21.4 Å². The summed E-state index contributed by atoms with van der Waals surface area (Å²) in [5.41, 5.74) is 0.884. The highest BCUT2D eigenvalue weighted by molar-refractivity contribution is 7.19. The Labute approximate surface area is 83.0 Å². The van der Waals surface area contributed by atoms with Crippen LogP contribution < -0.4 is 0 Å². The highest BCUT2D eigenvalue weighted by atomic mass is 32.1. The summed E-state index contributed by atoms with van der Waals surface area (Å²) in [5.74, 6) is 0. The van der Waals surface area contributed by atoms with Gasteiger partial charge >= 0.3 is 6.18 Å². The Morgan fingerprint density at radius 3 is 2.50 bits per heavy atom. The van der Waals surface area contributed by atoms with Gasteiger partial charge in [-0.3, -0.25) is 0 Å². The molecule has 0 spiro atoms. The SMILES string of the molecule is Cc1cccc2sc(C(F)(F)F)cc12. The van der Waals surface area contributed by atoms with E-state index in [0.717, 1.165) is 16.9 Å². The predicted octanol–water partition coefficient (Wildman–Crippen LogP) is 4.23. The molecule has 0 radical (unpaired) electrons. The Balaban J connectivity index is 2.69. The van der Waals surface area contributed by atoms with Gasteiger partial charge in [-0.15, -0.1) is 11.3 Å². The number of hydrogen-bond acceptors (Lipinski definition) is 1. The Bertz CT molecular complexity index is 468. The number of thiophene rings is 1. The van der Waals surface area contributed by atoms with E-state index in [9.17, 15) is 13.2 Å². The van der Waals surface area contributed by atoms with E-state index in [4.69, 9.17) is 0 Å². The third kappa shape index (κ3) is 1.50. The van der Waals surface area contributed by atoms with Crippen LogP contribution in [0.25, 0.3) is 10.1 Å². The standard InChI is InChI=1S/C10H7F3S/c1-6-3-2-4-8-7(6)5-9(14-8)10(11,12)13/h2-5H,1H3. The summed E-state index contributed by atoms with van der Waals surface area (Å²) in [4.78, 5) is -0.526. The van der Waals surface area contributed by atoms with Crippen LogP contribution in [0.15, 0.2) is 24.3 Å². The molecule has 1 heterocycles. The van der Waals surface area contributed by atoms with Crippen molar-refractivity contribution in [3.8, 4) is 0 Å². The maximum Gasteiger partial charge on any atom is 0.425 e. The molecule has 0 saturated carbocycles. The molecule has 0 aliphatic rings. The van der Waals surface area contributed by atoms with Crippen LogP contribution in [0, 0.1) is 6.92 Å². The summed E-state index contributed by atoms with van der Waals surface area (Å²) in [5, 5.41) is 0.699. The van der Waals surface area contributed by atoms with Gasteiger partial charge in [-0.2, -0.15) is 13.2 Å². The molecular formula is C10H7F3S. The Morgan fingerprint density at radius 2 is 1.93 bits per heavy atom. The van der Waals surface area contributed by atoms with Crippen LogP contribution in [0.1, 0.15) is 10.4 Å². The van der Waals surface area contributed by atoms with Crippen LogP contribution in [0.2, 0.25) is 0 Å². The van der Waals surface area contributed by atoms with Crippen molar-refractivity contribution in [2.45, 2.75) is 13.1 Å². The molecule has 0 amide bonds. The van der Waals surface area contributed by atoms with Crippen LogP contribution in [-0.4, -0.2) is 0 Å². The highest BCUT2D eigenvalue weighted by Gasteiger charge is 2.32. The molecule has 4 heteroatoms. The zero-order chi connectivity index (χ0) is 10.3. The molecule has 0 fully saturated rings. The first-order chi connectivity index (χ1) is 6.48. The first kappa shape index (κ1) is 9.52. The second-order valence-electron chi connectivity index (χ2n) is 3.10. The first-order valence-corrected chi connectivity index (χ1v) is 4.86. The smallest absolute Gasteiger partial charge is 0.165 e. The molecule has 0 atom stereocenters. The lowest BCUT2D eigenvalue weighted by Crippen LogP contribution is -2.00. The van der Waals surface area contributed by atoms with E-state index in [1.54, 1.807) is 12.1 Å². The van der Waals surface area contributed by atoms with E-state index in [2.05, 4.69) is 0 Å². The van der Waals surface area contributed by atoms with Crippen molar-refractivity contribution in [2.75, 3.05) is 0 Å². The monoisotopic (exact) mass is 216 g/mol. The molecule has 2 rings (SSSR count). The second-order valence-corrected chi connectivity index (χ2v) is 4.18. The minimum atomic E-state index is -4.23. The van der Waals surface area contributed by atoms with Crippen molar-refractivity contribution in [3.05, 3.63) is 34.7 Å². The summed E-state index contributed by atoms with van der Waals surface area (Å²) < 4.78 is 37.8. The molecule has 14 heavy (non-hydrogen) atoms. The molecule has 0 bridgehead atoms. The lowest BCUT2D eigenvalue weighted by atomic mass is 10.1. The fourth-order valence-corrected chi connectivity index (χ4v) is 2.35. The van der Waals surface area contributed by atoms with Crippen LogP contribution in [0.4, 0.5) is 13.2 Å². The van der Waals surface area contributed by atoms with Crippen LogP contribution in [0.5, 0.6) is 0 Å². The molecule has 1 aromatic heterocycles. The van der Waals surface area contributed by atoms with Gasteiger partial charge in [0.2, 0.25) is 0 Å². The molecule has 2 aromatic rings. The number of rotatable bonds is 0. The van der Waals surface area contributed by atoms with Crippen molar-refractivity contribution < 1.29 is 13.2 Å². The lowest BCUT2D eigenvalue weighted by Gasteiger charge is -1.99. The zero-order valence-corrected chi connectivity index (χ0v) is 8.17. The Kier molecular flexibility index (Phi) is 2.03. The van der Waals surface area contributed by atoms with E-state index in [-0.39, 0.29) is 0 Å². The van der Waals surface area contributed by atoms with Crippen LogP contribution in [0.3, 0.4) is 0 Å². The minimum Gasteiger partial charge on any atom is -0.165 e. The first-order valence-electron chi connectivity index (χ1n) is 4.05. The maximum atomic E-state index is 12.4. The van der Waals surface area contributed by atoms with Gasteiger partial charge in [-0.05, 0) is 30.0 Å². The maximum absolute atomic E-state index is 12.4. The summed E-state index contributed by atoms with van der Waals surface area (Å²) in [6, 6.07) is 6.51. The molecular weight excluding hydrogens is 209 g/mol. The van der Waals surface area contributed by atoms with Crippen LogP contribution >= 0.6 is 11.3 Å². The van der Waals surface area contributed by atoms with Gasteiger partial charge in [-0.25, -0.2) is 0 Å². The minimum absolute atomic E-state index is 0.526. The van der Waals surface area contributed by atoms with Crippen molar-refractivity contribution in [3.63, 3.8) is 0 Å². The fourth-order valence-electron chi connectivity index (χ4n) is 1.35. The topological polar surface area (TPSA) is 0 Å². The van der Waals surface area contributed by atoms with Gasteiger partial charge in [0.05, 0.1) is 0 Å². The Morgan fingerprint density at radius 1 is 1.21 bits per heavy atom. The summed E-state index contributed by atoms with van der Waals surface area (Å²) >= 11 is 0.793. The van der Waals surface area contributed by atoms with E-state index in [1.165, 1.54) is 6.07 Å². The number of alkyl halides is 3. The second kappa shape index (κ2) is 2.98. The van der Waals surface area contributed by atoms with Gasteiger partial charge in [0.1, 0.15) is 4.88 Å². The predicted molar refractivity (Wildman–Crippen MR) is 51.6 cm³/mol. The average molecular weight is 216 g/mol. The third-order valence-corrected chi connectivity index (χ3v) is 3.20. The molecule has 0 saturated heterocycles. The van der Waals surface area contributed by atoms with Gasteiger partial charge < -0.3 is 0 Å². The molecule has 0 unspecified atom stereocenters. The molecule has 0 N–H and O–H groups in total. The van der Waals surface area contributed by atoms with Gasteiger partial charge in [0.15, 0.2) is 0 Å². The van der Waals surface area contributed by atoms with E-state index >= 15 is 0 Å². The summed E-state index contributed by atoms with van der Waals surface area (Å²) in [6.45, 7) is 1.81. The molecule has 0 aliphatic carbocycles. The number of fused-ring (bicyclic) bond motifs is 1. The number of benzene rings is 1. The molecule has 74 valence electrons. The van der Waals surface area contributed by atoms with E-state index in [1.807, 2.05) is 13.0 Å². The molecule has 1 aromatic carbocycles. The van der Waals surface area contributed by atoms with E-state index < -0.39 is 11.1 Å². The lowest BCUT2D eigenvalue weighted by molar-refractivity contribution is -0.134. The quantitative estimate of drug-likeness (QED) is 0.618. The van der Waals surface area contributed by atoms with Gasteiger partial charge in [-0.1, -0.05) is 12.1 Å². The number of hydrogen-bond donors (Lipinski definition) is 0. The summed E-state index contributed by atoms with van der Waals surface area (Å²) in [7, 11) is 0. The van der Waals surface area contributed by atoms with Gasteiger partial charge in [0, 0.05) is 4.70 Å². The zero-order valence-electron chi connectivity index (χ0n) is 7.35. The number of aryl methyl sites for hydroxylation is 1. The Hall–Kier alpha value is -1.03. The van der Waals surface area contributed by atoms with Gasteiger partial charge in [0.25, 0.3) is 0 Å². The summed E-state index contributed by atoms with van der Waals surface area (Å²) in [6.07, 6.45) is -4.23. The highest BCUT2D eigenvalue weighted by Crippen LogP contribution is 2.38. The normalized spacial score (nSPS) is 12.3.